The van der Waals surface area contributed by atoms with E-state index in [0.717, 1.165) is 18.4 Å². The third-order valence-electron chi connectivity index (χ3n) is 4.09. The van der Waals surface area contributed by atoms with E-state index in [4.69, 9.17) is 25.8 Å². The Kier molecular flexibility index (Phi) is 6.84. The van der Waals surface area contributed by atoms with Crippen LogP contribution in [0.15, 0.2) is 30.6 Å². The Balaban J connectivity index is 1.61. The molecule has 1 fully saturated rings. The van der Waals surface area contributed by atoms with Crippen LogP contribution in [0.2, 0.25) is 5.02 Å². The number of halogens is 1. The number of carbonyl (C=O) groups excluding carboxylic acids is 1. The van der Waals surface area contributed by atoms with E-state index in [0.29, 0.717) is 48.7 Å². The van der Waals surface area contributed by atoms with Gasteiger partial charge in [-0.3, -0.25) is 4.79 Å². The van der Waals surface area contributed by atoms with E-state index < -0.39 is 0 Å². The Morgan fingerprint density at radius 1 is 1.33 bits per heavy atom. The molecule has 2 aromatic heterocycles. The minimum absolute atomic E-state index is 0.0333. The van der Waals surface area contributed by atoms with Crippen LogP contribution < -0.4 is 14.8 Å². The number of hydrogen-bond donors (Lipinski definition) is 1. The highest BCUT2D eigenvalue weighted by Gasteiger charge is 2.18. The van der Waals surface area contributed by atoms with Gasteiger partial charge in [0.1, 0.15) is 11.1 Å². The molecule has 3 rings (SSSR count). The van der Waals surface area contributed by atoms with E-state index in [9.17, 15) is 4.79 Å². The second-order valence-electron chi connectivity index (χ2n) is 6.02. The van der Waals surface area contributed by atoms with Gasteiger partial charge in [-0.2, -0.15) is 0 Å². The van der Waals surface area contributed by atoms with Gasteiger partial charge in [0.25, 0.3) is 5.91 Å². The number of ether oxygens (including phenoxy) is 3. The second-order valence-corrected chi connectivity index (χ2v) is 6.43. The van der Waals surface area contributed by atoms with Crippen LogP contribution in [0.5, 0.6) is 11.8 Å². The summed E-state index contributed by atoms with van der Waals surface area (Å²) in [6, 6.07) is 5.21. The molecule has 0 aromatic carbocycles. The van der Waals surface area contributed by atoms with Gasteiger partial charge in [-0.05, 0) is 19.1 Å². The SMILES string of the molecule is CCOc1ncccc1CNC(=O)c1cnc(OC2CCOCC2)c(Cl)c1. The monoisotopic (exact) mass is 391 g/mol. The lowest BCUT2D eigenvalue weighted by molar-refractivity contribution is 0.0238. The molecule has 0 radical (unpaired) electrons. The van der Waals surface area contributed by atoms with E-state index in [2.05, 4.69) is 15.3 Å². The summed E-state index contributed by atoms with van der Waals surface area (Å²) in [4.78, 5) is 20.8. The molecular weight excluding hydrogens is 370 g/mol. The summed E-state index contributed by atoms with van der Waals surface area (Å²) < 4.78 is 16.6. The smallest absolute Gasteiger partial charge is 0.253 e. The zero-order chi connectivity index (χ0) is 19.1. The average Bonchev–Trinajstić information content (AvgIpc) is 2.69. The van der Waals surface area contributed by atoms with Gasteiger partial charge in [0.15, 0.2) is 0 Å². The second kappa shape index (κ2) is 9.53. The number of amides is 1. The zero-order valence-electron chi connectivity index (χ0n) is 15.1. The molecule has 0 unspecified atom stereocenters. The highest BCUT2D eigenvalue weighted by Crippen LogP contribution is 2.25. The fourth-order valence-corrected chi connectivity index (χ4v) is 2.90. The molecule has 1 aliphatic heterocycles. The molecule has 0 atom stereocenters. The van der Waals surface area contributed by atoms with Crippen LogP contribution in [0.4, 0.5) is 0 Å². The molecule has 7 nitrogen and oxygen atoms in total. The highest BCUT2D eigenvalue weighted by molar-refractivity contribution is 6.32. The molecular formula is C19H22ClN3O4. The van der Waals surface area contributed by atoms with Crippen molar-refractivity contribution < 1.29 is 19.0 Å². The molecule has 2 aromatic rings. The van der Waals surface area contributed by atoms with Gasteiger partial charge in [-0.15, -0.1) is 0 Å². The lowest BCUT2D eigenvalue weighted by Crippen LogP contribution is -2.26. The Bertz CT molecular complexity index is 781. The van der Waals surface area contributed by atoms with Gasteiger partial charge < -0.3 is 19.5 Å². The lowest BCUT2D eigenvalue weighted by Gasteiger charge is -2.23. The Hall–Kier alpha value is -2.38. The minimum Gasteiger partial charge on any atom is -0.478 e. The fraction of sp³-hybridized carbons (Fsp3) is 0.421. The Labute approximate surface area is 163 Å². The number of nitrogens with one attached hydrogen (secondary N) is 1. The summed E-state index contributed by atoms with van der Waals surface area (Å²) in [5.41, 5.74) is 1.16. The molecule has 0 saturated carbocycles. The molecule has 144 valence electrons. The summed E-state index contributed by atoms with van der Waals surface area (Å²) in [6.45, 7) is 4.02. The topological polar surface area (TPSA) is 82.6 Å². The van der Waals surface area contributed by atoms with Crippen molar-refractivity contribution in [3.63, 3.8) is 0 Å². The number of hydrogen-bond acceptors (Lipinski definition) is 6. The van der Waals surface area contributed by atoms with Crippen molar-refractivity contribution in [1.82, 2.24) is 15.3 Å². The Morgan fingerprint density at radius 3 is 2.89 bits per heavy atom. The quantitative estimate of drug-likeness (QED) is 0.781. The first-order valence-corrected chi connectivity index (χ1v) is 9.30. The van der Waals surface area contributed by atoms with Crippen LogP contribution in [0.3, 0.4) is 0 Å². The Morgan fingerprint density at radius 2 is 2.15 bits per heavy atom. The third-order valence-corrected chi connectivity index (χ3v) is 4.36. The number of carbonyl (C=O) groups is 1. The molecule has 0 bridgehead atoms. The summed E-state index contributed by atoms with van der Waals surface area (Å²) in [5, 5.41) is 3.14. The van der Waals surface area contributed by atoms with Crippen LogP contribution in [-0.2, 0) is 11.3 Å². The number of aromatic nitrogens is 2. The molecule has 1 aliphatic rings. The molecule has 1 N–H and O–H groups in total. The first-order valence-electron chi connectivity index (χ1n) is 8.92. The van der Waals surface area contributed by atoms with Crippen LogP contribution in [0.1, 0.15) is 35.7 Å². The van der Waals surface area contributed by atoms with E-state index >= 15 is 0 Å². The summed E-state index contributed by atoms with van der Waals surface area (Å²) in [7, 11) is 0. The largest absolute Gasteiger partial charge is 0.478 e. The molecule has 0 aliphatic carbocycles. The average molecular weight is 392 g/mol. The van der Waals surface area contributed by atoms with Crippen molar-refractivity contribution >= 4 is 17.5 Å². The predicted octanol–water partition coefficient (Wildman–Crippen LogP) is 3.02. The maximum absolute atomic E-state index is 12.4. The van der Waals surface area contributed by atoms with Gasteiger partial charge in [0, 0.05) is 37.3 Å². The number of nitrogens with zero attached hydrogens (tertiary/aromatic N) is 2. The summed E-state index contributed by atoms with van der Waals surface area (Å²) in [5.74, 6) is 0.566. The van der Waals surface area contributed by atoms with E-state index in [1.54, 1.807) is 18.3 Å². The van der Waals surface area contributed by atoms with Crippen molar-refractivity contribution in [2.75, 3.05) is 19.8 Å². The van der Waals surface area contributed by atoms with Gasteiger partial charge in [0.05, 0.1) is 25.4 Å². The van der Waals surface area contributed by atoms with Crippen molar-refractivity contribution in [2.24, 2.45) is 0 Å². The summed E-state index contributed by atoms with van der Waals surface area (Å²) >= 11 is 6.25. The van der Waals surface area contributed by atoms with E-state index in [-0.39, 0.29) is 12.0 Å². The fourth-order valence-electron chi connectivity index (χ4n) is 2.69. The van der Waals surface area contributed by atoms with Crippen molar-refractivity contribution in [3.05, 3.63) is 46.7 Å². The van der Waals surface area contributed by atoms with Crippen LogP contribution in [0, 0.1) is 0 Å². The standard InChI is InChI=1S/C19H22ClN3O4/c1-2-26-18-13(4-3-7-21-18)11-22-17(24)14-10-16(20)19(23-12-14)27-15-5-8-25-9-6-15/h3-4,7,10,12,15H,2,5-6,8-9,11H2,1H3,(H,22,24). The molecule has 27 heavy (non-hydrogen) atoms. The van der Waals surface area contributed by atoms with E-state index in [1.165, 1.54) is 6.20 Å². The maximum atomic E-state index is 12.4. The third kappa shape index (κ3) is 5.30. The highest BCUT2D eigenvalue weighted by atomic mass is 35.5. The molecule has 1 amide bonds. The molecule has 0 spiro atoms. The normalized spacial score (nSPS) is 14.6. The van der Waals surface area contributed by atoms with Gasteiger partial charge in [0.2, 0.25) is 11.8 Å². The maximum Gasteiger partial charge on any atom is 0.253 e. The first-order chi connectivity index (χ1) is 13.2. The van der Waals surface area contributed by atoms with E-state index in [1.807, 2.05) is 13.0 Å². The van der Waals surface area contributed by atoms with Crippen molar-refractivity contribution in [2.45, 2.75) is 32.4 Å². The zero-order valence-corrected chi connectivity index (χ0v) is 15.9. The van der Waals surface area contributed by atoms with Gasteiger partial charge in [-0.25, -0.2) is 9.97 Å². The van der Waals surface area contributed by atoms with Crippen LogP contribution in [0.25, 0.3) is 0 Å². The summed E-state index contributed by atoms with van der Waals surface area (Å²) in [6.07, 6.45) is 4.74. The van der Waals surface area contributed by atoms with Gasteiger partial charge >= 0.3 is 0 Å². The molecule has 1 saturated heterocycles. The van der Waals surface area contributed by atoms with Crippen LogP contribution in [-0.4, -0.2) is 41.8 Å². The molecule has 3 heterocycles. The minimum atomic E-state index is -0.284. The van der Waals surface area contributed by atoms with Crippen LogP contribution >= 0.6 is 11.6 Å². The number of pyridine rings is 2. The number of rotatable bonds is 7. The lowest BCUT2D eigenvalue weighted by atomic mass is 10.1. The van der Waals surface area contributed by atoms with Crippen molar-refractivity contribution in [1.29, 1.82) is 0 Å². The van der Waals surface area contributed by atoms with Gasteiger partial charge in [-0.1, -0.05) is 17.7 Å². The first kappa shape index (κ1) is 19.4. The predicted molar refractivity (Wildman–Crippen MR) is 100 cm³/mol. The molecule has 8 heteroatoms. The van der Waals surface area contributed by atoms with Crippen molar-refractivity contribution in [3.8, 4) is 11.8 Å².